The van der Waals surface area contributed by atoms with Gasteiger partial charge in [-0.05, 0) is 54.8 Å². The molecule has 0 saturated carbocycles. The van der Waals surface area contributed by atoms with Crippen molar-refractivity contribution in [3.8, 4) is 0 Å². The third-order valence-electron chi connectivity index (χ3n) is 4.82. The van der Waals surface area contributed by atoms with Gasteiger partial charge in [-0.3, -0.25) is 4.90 Å². The molecule has 1 fully saturated rings. The molecule has 0 aliphatic carbocycles. The van der Waals surface area contributed by atoms with Crippen molar-refractivity contribution in [3.05, 3.63) is 35.4 Å². The molecule has 0 aromatic heterocycles. The summed E-state index contributed by atoms with van der Waals surface area (Å²) >= 11 is 0. The Hall–Kier alpha value is -0.860. The molecule has 0 bridgehead atoms. The van der Waals surface area contributed by atoms with Gasteiger partial charge in [0.2, 0.25) is 0 Å². The van der Waals surface area contributed by atoms with Crippen molar-refractivity contribution < 1.29 is 0 Å². The van der Waals surface area contributed by atoms with Crippen LogP contribution in [0, 0.1) is 11.3 Å². The highest BCUT2D eigenvalue weighted by atomic mass is 15.2. The number of hydrogen-bond acceptors (Lipinski definition) is 2. The molecular formula is C19H32N2. The van der Waals surface area contributed by atoms with Crippen LogP contribution >= 0.6 is 0 Å². The van der Waals surface area contributed by atoms with Crippen molar-refractivity contribution in [2.24, 2.45) is 17.1 Å². The predicted molar refractivity (Wildman–Crippen MR) is 91.4 cm³/mol. The number of hydrogen-bond donors (Lipinski definition) is 1. The van der Waals surface area contributed by atoms with Crippen molar-refractivity contribution >= 4 is 0 Å². The van der Waals surface area contributed by atoms with E-state index >= 15 is 0 Å². The zero-order valence-corrected chi connectivity index (χ0v) is 14.2. The predicted octanol–water partition coefficient (Wildman–Crippen LogP) is 4.01. The molecule has 2 heteroatoms. The molecule has 2 N–H and O–H groups in total. The van der Waals surface area contributed by atoms with E-state index in [9.17, 15) is 0 Å². The van der Waals surface area contributed by atoms with E-state index in [4.69, 9.17) is 5.73 Å². The Bertz CT molecular complexity index is 423. The molecule has 1 aromatic rings. The van der Waals surface area contributed by atoms with Gasteiger partial charge in [-0.2, -0.15) is 0 Å². The van der Waals surface area contributed by atoms with Gasteiger partial charge in [-0.1, -0.05) is 52.0 Å². The van der Waals surface area contributed by atoms with Crippen molar-refractivity contribution in [3.63, 3.8) is 0 Å². The van der Waals surface area contributed by atoms with Crippen LogP contribution in [-0.4, -0.2) is 24.5 Å². The standard InChI is InChI=1S/C19H32N2/c1-15(2)13-16-5-7-17(8-6-16)18(14-20)21-11-9-19(3,4)10-12-21/h5-8,15,18H,9-14,20H2,1-4H3. The molecule has 1 aliphatic heterocycles. The van der Waals surface area contributed by atoms with E-state index in [1.54, 1.807) is 0 Å². The van der Waals surface area contributed by atoms with Crippen LogP contribution in [0.5, 0.6) is 0 Å². The van der Waals surface area contributed by atoms with Crippen LogP contribution in [0.25, 0.3) is 0 Å². The summed E-state index contributed by atoms with van der Waals surface area (Å²) in [6.07, 6.45) is 3.70. The molecule has 1 heterocycles. The molecule has 0 amide bonds. The first-order chi connectivity index (χ1) is 9.91. The van der Waals surface area contributed by atoms with Crippen molar-refractivity contribution in [1.82, 2.24) is 4.90 Å². The number of piperidine rings is 1. The molecule has 1 saturated heterocycles. The maximum Gasteiger partial charge on any atom is 0.0470 e. The Morgan fingerprint density at radius 3 is 2.14 bits per heavy atom. The lowest BCUT2D eigenvalue weighted by atomic mass is 9.82. The third-order valence-corrected chi connectivity index (χ3v) is 4.82. The molecule has 1 aromatic carbocycles. The van der Waals surface area contributed by atoms with Crippen LogP contribution in [0.15, 0.2) is 24.3 Å². The van der Waals surface area contributed by atoms with Gasteiger partial charge in [0.15, 0.2) is 0 Å². The first-order valence-corrected chi connectivity index (χ1v) is 8.44. The van der Waals surface area contributed by atoms with Crippen LogP contribution in [0.3, 0.4) is 0 Å². The van der Waals surface area contributed by atoms with Crippen molar-refractivity contribution in [2.75, 3.05) is 19.6 Å². The lowest BCUT2D eigenvalue weighted by molar-refractivity contribution is 0.0964. The van der Waals surface area contributed by atoms with E-state index in [-0.39, 0.29) is 0 Å². The van der Waals surface area contributed by atoms with E-state index in [0.29, 0.717) is 23.9 Å². The molecule has 2 rings (SSSR count). The summed E-state index contributed by atoms with van der Waals surface area (Å²) in [5.41, 5.74) is 9.39. The minimum absolute atomic E-state index is 0.384. The number of nitrogens with two attached hydrogens (primary N) is 1. The zero-order chi connectivity index (χ0) is 15.5. The number of nitrogens with zero attached hydrogens (tertiary/aromatic N) is 1. The molecule has 118 valence electrons. The quantitative estimate of drug-likeness (QED) is 0.887. The zero-order valence-electron chi connectivity index (χ0n) is 14.2. The normalized spacial score (nSPS) is 20.7. The van der Waals surface area contributed by atoms with Gasteiger partial charge in [-0.15, -0.1) is 0 Å². The molecular weight excluding hydrogens is 256 g/mol. The van der Waals surface area contributed by atoms with Gasteiger partial charge in [0.25, 0.3) is 0 Å². The highest BCUT2D eigenvalue weighted by Gasteiger charge is 2.29. The monoisotopic (exact) mass is 288 g/mol. The molecule has 21 heavy (non-hydrogen) atoms. The number of rotatable bonds is 5. The molecule has 1 aliphatic rings. The van der Waals surface area contributed by atoms with Crippen LogP contribution < -0.4 is 5.73 Å². The van der Waals surface area contributed by atoms with E-state index < -0.39 is 0 Å². The van der Waals surface area contributed by atoms with E-state index in [1.165, 1.54) is 37.1 Å². The van der Waals surface area contributed by atoms with Crippen molar-refractivity contribution in [2.45, 2.75) is 53.0 Å². The van der Waals surface area contributed by atoms with Crippen LogP contribution in [0.4, 0.5) is 0 Å². The lowest BCUT2D eigenvalue weighted by Crippen LogP contribution is -2.42. The Balaban J connectivity index is 2.04. The van der Waals surface area contributed by atoms with Gasteiger partial charge in [-0.25, -0.2) is 0 Å². The highest BCUT2D eigenvalue weighted by Crippen LogP contribution is 2.33. The molecule has 1 atom stereocenters. The first kappa shape index (κ1) is 16.5. The average Bonchev–Trinajstić information content (AvgIpc) is 2.42. The minimum atomic E-state index is 0.384. The summed E-state index contributed by atoms with van der Waals surface area (Å²) in [7, 11) is 0. The minimum Gasteiger partial charge on any atom is -0.329 e. The summed E-state index contributed by atoms with van der Waals surface area (Å²) in [5, 5.41) is 0. The molecule has 0 spiro atoms. The van der Waals surface area contributed by atoms with Gasteiger partial charge in [0.1, 0.15) is 0 Å². The van der Waals surface area contributed by atoms with Crippen LogP contribution in [0.2, 0.25) is 0 Å². The summed E-state index contributed by atoms with van der Waals surface area (Å²) in [6.45, 7) is 12.3. The lowest BCUT2D eigenvalue weighted by Gasteiger charge is -2.41. The Labute approximate surface area is 130 Å². The van der Waals surface area contributed by atoms with Gasteiger partial charge in [0, 0.05) is 12.6 Å². The largest absolute Gasteiger partial charge is 0.329 e. The van der Waals surface area contributed by atoms with E-state index in [0.717, 1.165) is 6.42 Å². The second kappa shape index (κ2) is 6.93. The van der Waals surface area contributed by atoms with E-state index in [1.807, 2.05) is 0 Å². The average molecular weight is 288 g/mol. The van der Waals surface area contributed by atoms with Crippen LogP contribution in [0.1, 0.15) is 57.7 Å². The second-order valence-electron chi connectivity index (χ2n) is 7.79. The van der Waals surface area contributed by atoms with Gasteiger partial charge < -0.3 is 5.73 Å². The van der Waals surface area contributed by atoms with Gasteiger partial charge in [0.05, 0.1) is 0 Å². The highest BCUT2D eigenvalue weighted by molar-refractivity contribution is 5.26. The van der Waals surface area contributed by atoms with Crippen molar-refractivity contribution in [1.29, 1.82) is 0 Å². The third kappa shape index (κ3) is 4.55. The van der Waals surface area contributed by atoms with E-state index in [2.05, 4.69) is 56.9 Å². The number of likely N-dealkylation sites (tertiary alicyclic amines) is 1. The summed E-state index contributed by atoms with van der Waals surface area (Å²) in [6, 6.07) is 9.52. The fourth-order valence-corrected chi connectivity index (χ4v) is 3.28. The molecule has 1 unspecified atom stereocenters. The number of benzene rings is 1. The molecule has 0 radical (unpaired) electrons. The van der Waals surface area contributed by atoms with Crippen LogP contribution in [-0.2, 0) is 6.42 Å². The van der Waals surface area contributed by atoms with Gasteiger partial charge >= 0.3 is 0 Å². The topological polar surface area (TPSA) is 29.3 Å². The Morgan fingerprint density at radius 2 is 1.67 bits per heavy atom. The first-order valence-electron chi connectivity index (χ1n) is 8.44. The summed E-state index contributed by atoms with van der Waals surface area (Å²) < 4.78 is 0. The SMILES string of the molecule is CC(C)Cc1ccc(C(CN)N2CCC(C)(C)CC2)cc1. The maximum absolute atomic E-state index is 6.08. The summed E-state index contributed by atoms with van der Waals surface area (Å²) in [4.78, 5) is 2.57. The smallest absolute Gasteiger partial charge is 0.0470 e. The Kier molecular flexibility index (Phi) is 5.45. The maximum atomic E-state index is 6.08. The molecule has 2 nitrogen and oxygen atoms in total. The second-order valence-corrected chi connectivity index (χ2v) is 7.79. The fourth-order valence-electron chi connectivity index (χ4n) is 3.28. The summed E-state index contributed by atoms with van der Waals surface area (Å²) in [5.74, 6) is 0.713. The Morgan fingerprint density at radius 1 is 1.10 bits per heavy atom. The fraction of sp³-hybridized carbons (Fsp3) is 0.684.